The summed E-state index contributed by atoms with van der Waals surface area (Å²) >= 11 is 0. The van der Waals surface area contributed by atoms with E-state index in [2.05, 4.69) is 25.7 Å². The van der Waals surface area contributed by atoms with Crippen molar-refractivity contribution in [3.05, 3.63) is 24.3 Å². The molecule has 0 aromatic heterocycles. The maximum Gasteiger partial charge on any atom is 0.181 e. The number of hydrogen-bond donors (Lipinski definition) is 1. The summed E-state index contributed by atoms with van der Waals surface area (Å²) in [6, 6.07) is 0. The van der Waals surface area contributed by atoms with E-state index < -0.39 is 0 Å². The lowest BCUT2D eigenvalue weighted by Crippen LogP contribution is -2.36. The largest absolute Gasteiger partial charge is 0.319 e. The molecule has 2 heteroatoms. The molecule has 0 aromatic carbocycles. The molecule has 0 heterocycles. The highest BCUT2D eigenvalue weighted by Gasteiger charge is 2.34. The average molecular weight is 179 g/mol. The summed E-state index contributed by atoms with van der Waals surface area (Å²) in [5.74, 6) is 0.287. The monoisotopic (exact) mass is 179 g/mol. The van der Waals surface area contributed by atoms with Crippen molar-refractivity contribution in [1.29, 1.82) is 0 Å². The van der Waals surface area contributed by atoms with Crippen LogP contribution in [0.4, 0.5) is 0 Å². The zero-order chi connectivity index (χ0) is 10.1. The molecule has 0 aliphatic heterocycles. The molecule has 2 nitrogen and oxygen atoms in total. The Morgan fingerprint density at radius 1 is 1.62 bits per heavy atom. The highest BCUT2D eigenvalue weighted by Crippen LogP contribution is 2.36. The predicted octanol–water partition coefficient (Wildman–Crippen LogP) is 1.54. The van der Waals surface area contributed by atoms with E-state index in [0.29, 0.717) is 0 Å². The molecule has 0 saturated heterocycles. The molecule has 72 valence electrons. The van der Waals surface area contributed by atoms with Gasteiger partial charge < -0.3 is 5.32 Å². The van der Waals surface area contributed by atoms with Crippen molar-refractivity contribution >= 4 is 5.78 Å². The summed E-state index contributed by atoms with van der Waals surface area (Å²) in [6.07, 6.45) is 3.61. The van der Waals surface area contributed by atoms with E-state index in [0.717, 1.165) is 12.1 Å². The molecule has 0 fully saturated rings. The molecule has 1 aliphatic rings. The van der Waals surface area contributed by atoms with Crippen molar-refractivity contribution in [2.24, 2.45) is 11.3 Å². The van der Waals surface area contributed by atoms with Crippen LogP contribution in [0.3, 0.4) is 0 Å². The minimum Gasteiger partial charge on any atom is -0.319 e. The molecule has 0 amide bonds. The van der Waals surface area contributed by atoms with Crippen LogP contribution in [0.5, 0.6) is 0 Å². The van der Waals surface area contributed by atoms with Crippen LogP contribution in [-0.2, 0) is 4.79 Å². The summed E-state index contributed by atoms with van der Waals surface area (Å²) < 4.78 is 0. The third-order valence-corrected chi connectivity index (χ3v) is 2.71. The van der Waals surface area contributed by atoms with E-state index in [-0.39, 0.29) is 17.1 Å². The van der Waals surface area contributed by atoms with Gasteiger partial charge in [-0.05, 0) is 24.1 Å². The molecule has 1 N–H and O–H groups in total. The van der Waals surface area contributed by atoms with E-state index in [1.165, 1.54) is 0 Å². The molecule has 1 aliphatic carbocycles. The summed E-state index contributed by atoms with van der Waals surface area (Å²) in [5, 5.41) is 3.10. The molecular weight excluding hydrogens is 162 g/mol. The fraction of sp³-hybridized carbons (Fsp3) is 0.545. The Labute approximate surface area is 79.7 Å². The van der Waals surface area contributed by atoms with Crippen LogP contribution >= 0.6 is 0 Å². The maximum absolute atomic E-state index is 11.4. The van der Waals surface area contributed by atoms with Crippen molar-refractivity contribution in [2.75, 3.05) is 13.6 Å². The molecule has 0 spiro atoms. The first-order valence-electron chi connectivity index (χ1n) is 4.56. The molecule has 0 saturated carbocycles. The first-order valence-corrected chi connectivity index (χ1v) is 4.56. The molecule has 13 heavy (non-hydrogen) atoms. The first-order chi connectivity index (χ1) is 5.99. The fourth-order valence-electron chi connectivity index (χ4n) is 1.72. The number of nitrogens with one attached hydrogen (secondary N) is 1. The van der Waals surface area contributed by atoms with E-state index in [4.69, 9.17) is 0 Å². The van der Waals surface area contributed by atoms with Crippen LogP contribution in [0.25, 0.3) is 0 Å². The van der Waals surface area contributed by atoms with Gasteiger partial charge >= 0.3 is 0 Å². The molecule has 1 unspecified atom stereocenters. The Morgan fingerprint density at radius 2 is 2.23 bits per heavy atom. The second kappa shape index (κ2) is 3.46. The number of ketones is 1. The Hall–Kier alpha value is -0.890. The topological polar surface area (TPSA) is 29.1 Å². The van der Waals surface area contributed by atoms with Crippen molar-refractivity contribution in [2.45, 2.75) is 13.8 Å². The number of carbonyl (C=O) groups excluding carboxylic acids is 1. The van der Waals surface area contributed by atoms with Gasteiger partial charge in [0.1, 0.15) is 0 Å². The fourth-order valence-corrected chi connectivity index (χ4v) is 1.72. The zero-order valence-corrected chi connectivity index (χ0v) is 8.55. The van der Waals surface area contributed by atoms with Crippen LogP contribution in [0.2, 0.25) is 0 Å². The van der Waals surface area contributed by atoms with Gasteiger partial charge in [-0.25, -0.2) is 0 Å². The Kier molecular flexibility index (Phi) is 2.71. The summed E-state index contributed by atoms with van der Waals surface area (Å²) in [4.78, 5) is 11.4. The molecular formula is C11H17NO. The molecule has 0 aromatic rings. The summed E-state index contributed by atoms with van der Waals surface area (Å²) in [6.45, 7) is 8.91. The minimum absolute atomic E-state index is 0.0357. The standard InChI is InChI=1S/C11H17NO/c1-8-9(7-12-4)11(2,3)6-5-10(8)13/h5-6,9,12H,1,7H2,2-4H3. The van der Waals surface area contributed by atoms with Crippen molar-refractivity contribution in [3.8, 4) is 0 Å². The number of rotatable bonds is 2. The predicted molar refractivity (Wildman–Crippen MR) is 54.5 cm³/mol. The van der Waals surface area contributed by atoms with Crippen LogP contribution in [-0.4, -0.2) is 19.4 Å². The van der Waals surface area contributed by atoms with Crippen LogP contribution in [0, 0.1) is 11.3 Å². The van der Waals surface area contributed by atoms with Gasteiger partial charge in [0.15, 0.2) is 5.78 Å². The molecule has 0 radical (unpaired) electrons. The van der Waals surface area contributed by atoms with Crippen molar-refractivity contribution in [1.82, 2.24) is 5.32 Å². The highest BCUT2D eigenvalue weighted by atomic mass is 16.1. The van der Waals surface area contributed by atoms with Gasteiger partial charge in [-0.1, -0.05) is 26.5 Å². The van der Waals surface area contributed by atoms with Gasteiger partial charge in [-0.3, -0.25) is 4.79 Å². The second-order valence-corrected chi connectivity index (χ2v) is 4.15. The normalized spacial score (nSPS) is 26.5. The average Bonchev–Trinajstić information content (AvgIpc) is 2.07. The maximum atomic E-state index is 11.4. The number of allylic oxidation sites excluding steroid dienone is 2. The lowest BCUT2D eigenvalue weighted by Gasteiger charge is -2.35. The van der Waals surface area contributed by atoms with Crippen molar-refractivity contribution < 1.29 is 4.79 Å². The highest BCUT2D eigenvalue weighted by molar-refractivity contribution is 6.05. The van der Waals surface area contributed by atoms with Crippen LogP contribution in [0.15, 0.2) is 24.3 Å². The van der Waals surface area contributed by atoms with Gasteiger partial charge in [-0.2, -0.15) is 0 Å². The Balaban J connectivity index is 2.95. The Bertz CT molecular complexity index is 263. The van der Waals surface area contributed by atoms with Gasteiger partial charge in [0.05, 0.1) is 0 Å². The number of carbonyl (C=O) groups is 1. The Morgan fingerprint density at radius 3 is 2.77 bits per heavy atom. The summed E-state index contributed by atoms with van der Waals surface area (Å²) in [7, 11) is 1.89. The molecule has 1 atom stereocenters. The van der Waals surface area contributed by atoms with Crippen LogP contribution < -0.4 is 5.32 Å². The lowest BCUT2D eigenvalue weighted by atomic mass is 9.70. The van der Waals surface area contributed by atoms with E-state index in [9.17, 15) is 4.79 Å². The quantitative estimate of drug-likeness (QED) is 0.651. The second-order valence-electron chi connectivity index (χ2n) is 4.15. The van der Waals surface area contributed by atoms with Gasteiger partial charge in [0, 0.05) is 12.5 Å². The van der Waals surface area contributed by atoms with E-state index >= 15 is 0 Å². The van der Waals surface area contributed by atoms with Gasteiger partial charge in [0.2, 0.25) is 0 Å². The number of hydrogen-bond acceptors (Lipinski definition) is 2. The third kappa shape index (κ3) is 1.89. The van der Waals surface area contributed by atoms with Gasteiger partial charge in [-0.15, -0.1) is 0 Å². The molecule has 1 rings (SSSR count). The zero-order valence-electron chi connectivity index (χ0n) is 8.55. The first kappa shape index (κ1) is 10.2. The lowest BCUT2D eigenvalue weighted by molar-refractivity contribution is -0.112. The van der Waals surface area contributed by atoms with E-state index in [1.54, 1.807) is 6.08 Å². The van der Waals surface area contributed by atoms with Crippen LogP contribution in [0.1, 0.15) is 13.8 Å². The molecule has 0 bridgehead atoms. The SMILES string of the molecule is C=C1C(=O)C=CC(C)(C)C1CNC. The van der Waals surface area contributed by atoms with Crippen molar-refractivity contribution in [3.63, 3.8) is 0 Å². The third-order valence-electron chi connectivity index (χ3n) is 2.71. The smallest absolute Gasteiger partial charge is 0.181 e. The summed E-state index contributed by atoms with van der Waals surface area (Å²) in [5.41, 5.74) is 0.760. The van der Waals surface area contributed by atoms with Gasteiger partial charge in [0.25, 0.3) is 0 Å². The van der Waals surface area contributed by atoms with E-state index in [1.807, 2.05) is 13.1 Å². The minimum atomic E-state index is 0.0357.